The number of hydrogen-bond acceptors (Lipinski definition) is 8. The van der Waals surface area contributed by atoms with E-state index in [2.05, 4.69) is 58.2 Å². The molecule has 8 heteroatoms. The summed E-state index contributed by atoms with van der Waals surface area (Å²) in [6, 6.07) is 14.9. The van der Waals surface area contributed by atoms with Crippen LogP contribution in [-0.2, 0) is 6.54 Å². The molecule has 0 bridgehead atoms. The van der Waals surface area contributed by atoms with Crippen molar-refractivity contribution in [2.45, 2.75) is 77.8 Å². The zero-order valence-corrected chi connectivity index (χ0v) is 27.8. The SMILES string of the molecule is CNCc1ccccc1-c1csc([C@@H](C)Nc2nc(C)nc3cc(OCCCCCCCN4CCCCC4)c(OC)cc23)c1. The van der Waals surface area contributed by atoms with Gasteiger partial charge in [-0.3, -0.25) is 0 Å². The van der Waals surface area contributed by atoms with Crippen molar-refractivity contribution in [3.63, 3.8) is 0 Å². The first-order chi connectivity index (χ1) is 21.6. The number of nitrogens with one attached hydrogen (secondary N) is 2. The minimum Gasteiger partial charge on any atom is -0.493 e. The van der Waals surface area contributed by atoms with Crippen LogP contribution >= 0.6 is 11.3 Å². The van der Waals surface area contributed by atoms with Gasteiger partial charge in [-0.05, 0) is 100 Å². The minimum atomic E-state index is 0.0736. The van der Waals surface area contributed by atoms with Crippen LogP contribution in [0, 0.1) is 6.92 Å². The summed E-state index contributed by atoms with van der Waals surface area (Å²) in [7, 11) is 3.68. The first-order valence-electron chi connectivity index (χ1n) is 16.3. The second-order valence-corrected chi connectivity index (χ2v) is 12.9. The molecular weight excluding hydrogens is 566 g/mol. The van der Waals surface area contributed by atoms with Crippen molar-refractivity contribution in [2.24, 2.45) is 0 Å². The molecule has 2 N–H and O–H groups in total. The molecule has 236 valence electrons. The van der Waals surface area contributed by atoms with E-state index in [-0.39, 0.29) is 6.04 Å². The molecule has 1 fully saturated rings. The normalized spacial score (nSPS) is 14.5. The zero-order chi connectivity index (χ0) is 30.7. The zero-order valence-electron chi connectivity index (χ0n) is 27.0. The predicted octanol–water partition coefficient (Wildman–Crippen LogP) is 8.38. The Labute approximate surface area is 267 Å². The lowest BCUT2D eigenvalue weighted by Crippen LogP contribution is -2.30. The minimum absolute atomic E-state index is 0.0736. The lowest BCUT2D eigenvalue weighted by molar-refractivity contribution is 0.223. The Hall–Kier alpha value is -3.20. The van der Waals surface area contributed by atoms with Crippen LogP contribution in [-0.4, -0.2) is 55.3 Å². The van der Waals surface area contributed by atoms with Gasteiger partial charge in [-0.1, -0.05) is 49.9 Å². The highest BCUT2D eigenvalue weighted by molar-refractivity contribution is 7.10. The van der Waals surface area contributed by atoms with Crippen LogP contribution in [0.25, 0.3) is 22.0 Å². The third-order valence-corrected chi connectivity index (χ3v) is 9.63. The van der Waals surface area contributed by atoms with Crippen LogP contribution in [0.4, 0.5) is 5.82 Å². The summed E-state index contributed by atoms with van der Waals surface area (Å²) in [6.45, 7) is 9.50. The summed E-state index contributed by atoms with van der Waals surface area (Å²) in [5.41, 5.74) is 4.67. The van der Waals surface area contributed by atoms with E-state index in [1.54, 1.807) is 18.4 Å². The Bertz CT molecular complexity index is 1480. The molecule has 0 spiro atoms. The fourth-order valence-electron chi connectivity index (χ4n) is 6.11. The molecule has 1 atom stereocenters. The van der Waals surface area contributed by atoms with Gasteiger partial charge in [0.2, 0.25) is 0 Å². The largest absolute Gasteiger partial charge is 0.493 e. The fraction of sp³-hybridized carbons (Fsp3) is 0.500. The third-order valence-electron chi connectivity index (χ3n) is 8.51. The highest BCUT2D eigenvalue weighted by atomic mass is 32.1. The van der Waals surface area contributed by atoms with E-state index in [1.807, 2.05) is 26.1 Å². The molecule has 44 heavy (non-hydrogen) atoms. The fourth-order valence-corrected chi connectivity index (χ4v) is 7.03. The Morgan fingerprint density at radius 2 is 1.75 bits per heavy atom. The van der Waals surface area contributed by atoms with Gasteiger partial charge in [0.25, 0.3) is 0 Å². The number of benzene rings is 2. The van der Waals surface area contributed by atoms with E-state index >= 15 is 0 Å². The molecule has 3 heterocycles. The third kappa shape index (κ3) is 8.49. The van der Waals surface area contributed by atoms with Crippen LogP contribution in [0.3, 0.4) is 0 Å². The van der Waals surface area contributed by atoms with E-state index in [1.165, 1.54) is 86.1 Å². The Balaban J connectivity index is 1.19. The second kappa shape index (κ2) is 16.2. The average molecular weight is 616 g/mol. The highest BCUT2D eigenvalue weighted by Crippen LogP contribution is 2.37. The van der Waals surface area contributed by atoms with Crippen LogP contribution in [0.15, 0.2) is 47.8 Å². The molecule has 7 nitrogen and oxygen atoms in total. The number of nitrogens with zero attached hydrogens (tertiary/aromatic N) is 3. The molecule has 1 saturated heterocycles. The van der Waals surface area contributed by atoms with Crippen LogP contribution in [0.5, 0.6) is 11.5 Å². The van der Waals surface area contributed by atoms with Crippen LogP contribution in [0.1, 0.15) is 80.6 Å². The Kier molecular flexibility index (Phi) is 11.9. The molecular formula is C36H49N5O2S. The van der Waals surface area contributed by atoms with E-state index in [0.29, 0.717) is 12.4 Å². The van der Waals surface area contributed by atoms with Crippen molar-refractivity contribution in [1.29, 1.82) is 0 Å². The molecule has 0 aliphatic carbocycles. The summed E-state index contributed by atoms with van der Waals surface area (Å²) in [5.74, 6) is 2.98. The van der Waals surface area contributed by atoms with Gasteiger partial charge in [-0.25, -0.2) is 9.97 Å². The molecule has 4 aromatic rings. The number of thiophene rings is 1. The summed E-state index contributed by atoms with van der Waals surface area (Å²) in [5, 5.41) is 10.1. The van der Waals surface area contributed by atoms with E-state index < -0.39 is 0 Å². The van der Waals surface area contributed by atoms with Crippen molar-refractivity contribution < 1.29 is 9.47 Å². The number of aryl methyl sites for hydroxylation is 1. The van der Waals surface area contributed by atoms with Crippen molar-refractivity contribution in [3.05, 3.63) is 64.1 Å². The van der Waals surface area contributed by atoms with Crippen LogP contribution < -0.4 is 20.1 Å². The first-order valence-corrected chi connectivity index (χ1v) is 17.2. The second-order valence-electron chi connectivity index (χ2n) is 11.9. The summed E-state index contributed by atoms with van der Waals surface area (Å²) in [4.78, 5) is 13.4. The number of ether oxygens (including phenoxy) is 2. The van der Waals surface area contributed by atoms with Gasteiger partial charge in [0.15, 0.2) is 11.5 Å². The average Bonchev–Trinajstić information content (AvgIpc) is 3.53. The number of piperidine rings is 1. The Morgan fingerprint density at radius 1 is 0.955 bits per heavy atom. The van der Waals surface area contributed by atoms with Gasteiger partial charge < -0.3 is 25.0 Å². The standard InChI is InChI=1S/C36H49N5O2S/c1-26(35-21-29(25-44-35)30-16-10-9-15-28(30)24-37-3)38-36-31-22-33(42-4)34(23-32(31)39-27(2)40-36)43-20-14-7-5-6-11-17-41-18-12-8-13-19-41/h9-10,15-16,21-23,25-26,37H,5-8,11-14,17-20,24H2,1-4H3,(H,38,39,40)/t26-/m1/s1. The Morgan fingerprint density at radius 3 is 2.57 bits per heavy atom. The molecule has 2 aromatic carbocycles. The quantitative estimate of drug-likeness (QED) is 0.123. The van der Waals surface area contributed by atoms with E-state index in [4.69, 9.17) is 19.4 Å². The van der Waals surface area contributed by atoms with Crippen molar-refractivity contribution in [1.82, 2.24) is 20.2 Å². The maximum atomic E-state index is 6.22. The molecule has 5 rings (SSSR count). The summed E-state index contributed by atoms with van der Waals surface area (Å²) in [6.07, 6.45) is 10.3. The topological polar surface area (TPSA) is 71.5 Å². The monoisotopic (exact) mass is 615 g/mol. The molecule has 1 aliphatic rings. The number of likely N-dealkylation sites (tertiary alicyclic amines) is 1. The van der Waals surface area contributed by atoms with Gasteiger partial charge in [-0.2, -0.15) is 0 Å². The van der Waals surface area contributed by atoms with E-state index in [0.717, 1.165) is 41.3 Å². The lowest BCUT2D eigenvalue weighted by Gasteiger charge is -2.26. The lowest BCUT2D eigenvalue weighted by atomic mass is 10.0. The van der Waals surface area contributed by atoms with Crippen molar-refractivity contribution >= 4 is 28.1 Å². The maximum absolute atomic E-state index is 6.22. The number of methoxy groups -OCH3 is 1. The van der Waals surface area contributed by atoms with Gasteiger partial charge in [0, 0.05) is 22.9 Å². The van der Waals surface area contributed by atoms with Gasteiger partial charge in [0.1, 0.15) is 11.6 Å². The maximum Gasteiger partial charge on any atom is 0.163 e. The molecule has 0 amide bonds. The summed E-state index contributed by atoms with van der Waals surface area (Å²) < 4.78 is 12.0. The molecule has 0 saturated carbocycles. The number of unbranched alkanes of at least 4 members (excludes halogenated alkanes) is 4. The predicted molar refractivity (Wildman–Crippen MR) is 184 cm³/mol. The molecule has 1 aliphatic heterocycles. The van der Waals surface area contributed by atoms with E-state index in [9.17, 15) is 0 Å². The number of fused-ring (bicyclic) bond motifs is 1. The number of hydrogen-bond donors (Lipinski definition) is 2. The first kappa shape index (κ1) is 32.2. The van der Waals surface area contributed by atoms with Gasteiger partial charge in [-0.15, -0.1) is 11.3 Å². The van der Waals surface area contributed by atoms with Gasteiger partial charge in [0.05, 0.1) is 25.3 Å². The number of anilines is 1. The smallest absolute Gasteiger partial charge is 0.163 e. The molecule has 2 aromatic heterocycles. The van der Waals surface area contributed by atoms with Gasteiger partial charge >= 0.3 is 0 Å². The molecule has 0 radical (unpaired) electrons. The van der Waals surface area contributed by atoms with Crippen molar-refractivity contribution in [3.8, 4) is 22.6 Å². The molecule has 0 unspecified atom stereocenters. The van der Waals surface area contributed by atoms with Crippen molar-refractivity contribution in [2.75, 3.05) is 45.7 Å². The summed E-state index contributed by atoms with van der Waals surface area (Å²) >= 11 is 1.77. The number of rotatable bonds is 16. The highest BCUT2D eigenvalue weighted by Gasteiger charge is 2.17. The van der Waals surface area contributed by atoms with Crippen LogP contribution in [0.2, 0.25) is 0 Å². The number of aromatic nitrogens is 2.